The highest BCUT2D eigenvalue weighted by atomic mass is 35.5. The van der Waals surface area contributed by atoms with E-state index in [-0.39, 0.29) is 13.2 Å². The number of hydrogen-bond donors (Lipinski definition) is 0. The summed E-state index contributed by atoms with van der Waals surface area (Å²) in [5.74, 6) is 0.900. The summed E-state index contributed by atoms with van der Waals surface area (Å²) in [6.45, 7) is 2.72. The van der Waals surface area contributed by atoms with Crippen molar-refractivity contribution in [2.45, 2.75) is 20.1 Å². The summed E-state index contributed by atoms with van der Waals surface area (Å²) in [5.41, 5.74) is 2.82. The van der Waals surface area contributed by atoms with Crippen molar-refractivity contribution in [2.24, 2.45) is 5.16 Å². The van der Waals surface area contributed by atoms with Crippen molar-refractivity contribution >= 4 is 41.0 Å². The van der Waals surface area contributed by atoms with Crippen LogP contribution in [0.2, 0.25) is 15.1 Å². The molecule has 0 amide bonds. The summed E-state index contributed by atoms with van der Waals surface area (Å²) in [5, 5.41) is 14.4. The Morgan fingerprint density at radius 1 is 0.938 bits per heavy atom. The van der Waals surface area contributed by atoms with Gasteiger partial charge in [-0.25, -0.2) is 0 Å². The molecule has 5 nitrogen and oxygen atoms in total. The summed E-state index contributed by atoms with van der Waals surface area (Å²) in [7, 11) is 0. The lowest BCUT2D eigenvalue weighted by atomic mass is 10.1. The molecule has 0 spiro atoms. The molecule has 164 valence electrons. The van der Waals surface area contributed by atoms with Gasteiger partial charge in [0.05, 0.1) is 39.5 Å². The van der Waals surface area contributed by atoms with Crippen LogP contribution in [0.3, 0.4) is 0 Å². The number of rotatable bonds is 9. The molecule has 0 saturated heterocycles. The van der Waals surface area contributed by atoms with Crippen LogP contribution in [-0.4, -0.2) is 12.8 Å². The fourth-order valence-corrected chi connectivity index (χ4v) is 3.40. The van der Waals surface area contributed by atoms with E-state index < -0.39 is 0 Å². The minimum atomic E-state index is 0.178. The predicted octanol–water partition coefficient (Wildman–Crippen LogP) is 7.05. The molecule has 0 fully saturated rings. The molecule has 0 N–H and O–H groups in total. The smallest absolute Gasteiger partial charge is 0.180 e. The van der Waals surface area contributed by atoms with E-state index in [1.807, 2.05) is 25.1 Å². The van der Waals surface area contributed by atoms with Gasteiger partial charge in [0.25, 0.3) is 0 Å². The lowest BCUT2D eigenvalue weighted by molar-refractivity contribution is 0.132. The molecule has 8 heteroatoms. The first-order valence-electron chi connectivity index (χ1n) is 9.68. The third kappa shape index (κ3) is 6.30. The first kappa shape index (κ1) is 23.7. The lowest BCUT2D eigenvalue weighted by Crippen LogP contribution is -2.01. The number of ether oxygens (including phenoxy) is 2. The Morgan fingerprint density at radius 2 is 1.75 bits per heavy atom. The van der Waals surface area contributed by atoms with Crippen LogP contribution in [0.1, 0.15) is 29.2 Å². The summed E-state index contributed by atoms with van der Waals surface area (Å²) in [6, 6.07) is 18.0. The van der Waals surface area contributed by atoms with E-state index in [4.69, 9.17) is 54.4 Å². The van der Waals surface area contributed by atoms with E-state index in [2.05, 4.69) is 11.2 Å². The Morgan fingerprint density at radius 3 is 2.50 bits per heavy atom. The highest BCUT2D eigenvalue weighted by molar-refractivity contribution is 6.42. The van der Waals surface area contributed by atoms with Crippen LogP contribution in [0.5, 0.6) is 11.5 Å². The highest BCUT2D eigenvalue weighted by Crippen LogP contribution is 2.37. The maximum atomic E-state index is 9.14. The molecule has 0 bridgehead atoms. The number of halogens is 3. The van der Waals surface area contributed by atoms with E-state index in [1.54, 1.807) is 36.4 Å². The van der Waals surface area contributed by atoms with E-state index >= 15 is 0 Å². The Bertz CT molecular complexity index is 1160. The minimum absolute atomic E-state index is 0.178. The van der Waals surface area contributed by atoms with E-state index in [1.165, 1.54) is 6.21 Å². The SMILES string of the molecule is CCOc1cc(/C=N\OCc2ccccc2C#N)cc(Cl)c1OCc1ccc(Cl)c(Cl)c1. The number of benzene rings is 3. The summed E-state index contributed by atoms with van der Waals surface area (Å²) >= 11 is 18.5. The summed E-state index contributed by atoms with van der Waals surface area (Å²) in [6.07, 6.45) is 1.52. The molecule has 3 aromatic carbocycles. The molecular weight excluding hydrogens is 471 g/mol. The number of hydrogen-bond acceptors (Lipinski definition) is 5. The first-order valence-corrected chi connectivity index (χ1v) is 10.8. The zero-order valence-electron chi connectivity index (χ0n) is 17.1. The standard InChI is InChI=1S/C24H19Cl3N2O3/c1-2-30-23-11-17(13-29-32-15-19-6-4-3-5-18(19)12-28)10-22(27)24(23)31-14-16-7-8-20(25)21(26)9-16/h3-11,13H,2,14-15H2,1H3/b29-13-. The van der Waals surface area contributed by atoms with Gasteiger partial charge in [-0.1, -0.05) is 64.2 Å². The molecule has 0 unspecified atom stereocenters. The Labute approximate surface area is 201 Å². The molecule has 32 heavy (non-hydrogen) atoms. The molecule has 0 aliphatic heterocycles. The Hall–Kier alpha value is -2.91. The molecule has 0 aliphatic carbocycles. The second-order valence-electron chi connectivity index (χ2n) is 6.58. The fourth-order valence-electron chi connectivity index (χ4n) is 2.81. The van der Waals surface area contributed by atoms with Gasteiger partial charge in [-0.05, 0) is 42.8 Å². The second-order valence-corrected chi connectivity index (χ2v) is 7.80. The van der Waals surface area contributed by atoms with Crippen LogP contribution in [0.15, 0.2) is 59.8 Å². The number of oxime groups is 1. The van der Waals surface area contributed by atoms with Gasteiger partial charge in [0.1, 0.15) is 13.2 Å². The quantitative estimate of drug-likeness (QED) is 0.239. The maximum Gasteiger partial charge on any atom is 0.180 e. The first-order chi connectivity index (χ1) is 15.5. The van der Waals surface area contributed by atoms with Crippen molar-refractivity contribution < 1.29 is 14.3 Å². The average Bonchev–Trinajstić information content (AvgIpc) is 2.79. The normalized spacial score (nSPS) is 10.7. The van der Waals surface area contributed by atoms with Crippen molar-refractivity contribution in [3.8, 4) is 17.6 Å². The average molecular weight is 490 g/mol. The highest BCUT2D eigenvalue weighted by Gasteiger charge is 2.13. The summed E-state index contributed by atoms with van der Waals surface area (Å²) < 4.78 is 11.6. The predicted molar refractivity (Wildman–Crippen MR) is 127 cm³/mol. The van der Waals surface area contributed by atoms with Crippen LogP contribution in [0.25, 0.3) is 0 Å². The van der Waals surface area contributed by atoms with Gasteiger partial charge >= 0.3 is 0 Å². The Balaban J connectivity index is 1.70. The van der Waals surface area contributed by atoms with Crippen LogP contribution in [-0.2, 0) is 18.1 Å². The van der Waals surface area contributed by atoms with Gasteiger partial charge in [-0.2, -0.15) is 5.26 Å². The fraction of sp³-hybridized carbons (Fsp3) is 0.167. The van der Waals surface area contributed by atoms with Crippen molar-refractivity contribution in [3.63, 3.8) is 0 Å². The van der Waals surface area contributed by atoms with Gasteiger partial charge < -0.3 is 14.3 Å². The van der Waals surface area contributed by atoms with Gasteiger partial charge in [0.15, 0.2) is 11.5 Å². The van der Waals surface area contributed by atoms with Gasteiger partial charge in [-0.15, -0.1) is 0 Å². The van der Waals surface area contributed by atoms with Crippen molar-refractivity contribution in [1.82, 2.24) is 0 Å². The van der Waals surface area contributed by atoms with Crippen molar-refractivity contribution in [1.29, 1.82) is 5.26 Å². The number of nitriles is 1. The van der Waals surface area contributed by atoms with E-state index in [9.17, 15) is 0 Å². The van der Waals surface area contributed by atoms with E-state index in [0.29, 0.717) is 44.3 Å². The Kier molecular flexibility index (Phi) is 8.64. The zero-order chi connectivity index (χ0) is 22.9. The molecule has 3 rings (SSSR count). The monoisotopic (exact) mass is 488 g/mol. The molecule has 3 aromatic rings. The minimum Gasteiger partial charge on any atom is -0.490 e. The van der Waals surface area contributed by atoms with Gasteiger partial charge in [0.2, 0.25) is 0 Å². The lowest BCUT2D eigenvalue weighted by Gasteiger charge is -2.14. The zero-order valence-corrected chi connectivity index (χ0v) is 19.4. The third-order valence-electron chi connectivity index (χ3n) is 4.33. The third-order valence-corrected chi connectivity index (χ3v) is 5.35. The topological polar surface area (TPSA) is 63.8 Å². The van der Waals surface area contributed by atoms with Crippen molar-refractivity contribution in [2.75, 3.05) is 6.61 Å². The maximum absolute atomic E-state index is 9.14. The van der Waals surface area contributed by atoms with Gasteiger partial charge in [-0.3, -0.25) is 0 Å². The molecule has 0 saturated carbocycles. The second kappa shape index (κ2) is 11.6. The molecule has 0 aliphatic rings. The van der Waals surface area contributed by atoms with Crippen LogP contribution in [0.4, 0.5) is 0 Å². The van der Waals surface area contributed by atoms with Gasteiger partial charge in [0, 0.05) is 11.1 Å². The molecule has 0 atom stereocenters. The molecular formula is C24H19Cl3N2O3. The summed E-state index contributed by atoms with van der Waals surface area (Å²) in [4.78, 5) is 5.34. The molecule has 0 radical (unpaired) electrons. The molecule has 0 heterocycles. The van der Waals surface area contributed by atoms with Crippen LogP contribution >= 0.6 is 34.8 Å². The number of nitrogens with zero attached hydrogens (tertiary/aromatic N) is 2. The van der Waals surface area contributed by atoms with Crippen molar-refractivity contribution in [3.05, 3.63) is 91.9 Å². The van der Waals surface area contributed by atoms with Crippen LogP contribution < -0.4 is 9.47 Å². The largest absolute Gasteiger partial charge is 0.490 e. The van der Waals surface area contributed by atoms with Crippen LogP contribution in [0, 0.1) is 11.3 Å². The van der Waals surface area contributed by atoms with E-state index in [0.717, 1.165) is 11.1 Å². The molecule has 0 aromatic heterocycles.